The standard InChI is InChI=1S/C26H29N3O3S/c1-33-20-10-7-17(8-11-20)19-9-12-22-21(15-19)26(32)29-14-13-28(16-23(29)24(30)27-22)25(31)18-5-3-2-4-6-18/h7-12,15,18,23H,2-6,13-14,16H2,1H3,(H,27,30). The highest BCUT2D eigenvalue weighted by Crippen LogP contribution is 2.32. The summed E-state index contributed by atoms with van der Waals surface area (Å²) in [6.45, 7) is 1.13. The SMILES string of the molecule is CSc1ccc(-c2ccc3c(c2)C(=O)N2CCN(C(=O)C4CCCCC4)CC2C(=O)N3)cc1. The molecule has 5 rings (SSSR count). The predicted molar refractivity (Wildman–Crippen MR) is 130 cm³/mol. The van der Waals surface area contributed by atoms with E-state index in [0.717, 1.165) is 36.8 Å². The number of hydrogen-bond acceptors (Lipinski definition) is 4. The second-order valence-corrected chi connectivity index (χ2v) is 9.99. The first-order valence-electron chi connectivity index (χ1n) is 11.7. The summed E-state index contributed by atoms with van der Waals surface area (Å²) in [4.78, 5) is 44.3. The van der Waals surface area contributed by atoms with Gasteiger partial charge in [0.15, 0.2) is 0 Å². The Morgan fingerprint density at radius 3 is 2.42 bits per heavy atom. The topological polar surface area (TPSA) is 69.7 Å². The first-order chi connectivity index (χ1) is 16.0. The molecule has 1 N–H and O–H groups in total. The van der Waals surface area contributed by atoms with Crippen molar-refractivity contribution in [2.45, 2.75) is 43.0 Å². The molecule has 2 aliphatic heterocycles. The first-order valence-corrected chi connectivity index (χ1v) is 13.0. The number of carbonyl (C=O) groups excluding carboxylic acids is 3. The van der Waals surface area contributed by atoms with Gasteiger partial charge in [-0.05, 0) is 54.5 Å². The Kier molecular flexibility index (Phi) is 6.15. The molecule has 1 saturated carbocycles. The predicted octanol–water partition coefficient (Wildman–Crippen LogP) is 4.26. The van der Waals surface area contributed by atoms with Crippen LogP contribution in [0.3, 0.4) is 0 Å². The highest BCUT2D eigenvalue weighted by Gasteiger charge is 2.41. The monoisotopic (exact) mass is 463 g/mol. The number of rotatable bonds is 3. The third-order valence-corrected chi connectivity index (χ3v) is 7.88. The molecule has 3 aliphatic rings. The molecule has 33 heavy (non-hydrogen) atoms. The number of anilines is 1. The molecule has 0 bridgehead atoms. The third kappa shape index (κ3) is 4.26. The number of thioether (sulfide) groups is 1. The summed E-state index contributed by atoms with van der Waals surface area (Å²) in [5.74, 6) is -0.166. The number of carbonyl (C=O) groups is 3. The fraction of sp³-hybridized carbons (Fsp3) is 0.423. The van der Waals surface area contributed by atoms with Crippen LogP contribution < -0.4 is 5.32 Å². The van der Waals surface area contributed by atoms with E-state index in [9.17, 15) is 14.4 Å². The van der Waals surface area contributed by atoms with Gasteiger partial charge in [0.1, 0.15) is 6.04 Å². The summed E-state index contributed by atoms with van der Waals surface area (Å²) >= 11 is 1.69. The molecular formula is C26H29N3O3S. The number of amides is 3. The van der Waals surface area contributed by atoms with Gasteiger partial charge in [-0.2, -0.15) is 0 Å². The molecule has 2 heterocycles. The number of nitrogens with zero attached hydrogens (tertiary/aromatic N) is 2. The van der Waals surface area contributed by atoms with Crippen molar-refractivity contribution in [2.24, 2.45) is 5.92 Å². The Balaban J connectivity index is 1.38. The lowest BCUT2D eigenvalue weighted by molar-refractivity contribution is -0.140. The first kappa shape index (κ1) is 22.0. The molecule has 7 heteroatoms. The summed E-state index contributed by atoms with van der Waals surface area (Å²) < 4.78 is 0. The molecule has 0 radical (unpaired) electrons. The average molecular weight is 464 g/mol. The van der Waals surface area contributed by atoms with Crippen molar-refractivity contribution in [3.63, 3.8) is 0 Å². The van der Waals surface area contributed by atoms with E-state index in [1.54, 1.807) is 21.6 Å². The maximum Gasteiger partial charge on any atom is 0.256 e. The summed E-state index contributed by atoms with van der Waals surface area (Å²) in [6, 6.07) is 13.2. The van der Waals surface area contributed by atoms with E-state index in [1.165, 1.54) is 11.3 Å². The van der Waals surface area contributed by atoms with Crippen LogP contribution >= 0.6 is 11.8 Å². The Hall–Kier alpha value is -2.80. The Morgan fingerprint density at radius 2 is 1.70 bits per heavy atom. The summed E-state index contributed by atoms with van der Waals surface area (Å²) in [6.07, 6.45) is 7.28. The number of piperazine rings is 1. The molecule has 6 nitrogen and oxygen atoms in total. The molecule has 0 spiro atoms. The molecule has 1 saturated heterocycles. The van der Waals surface area contributed by atoms with E-state index in [4.69, 9.17) is 0 Å². The average Bonchev–Trinajstić information content (AvgIpc) is 2.98. The second-order valence-electron chi connectivity index (χ2n) is 9.11. The Labute approximate surface area is 198 Å². The van der Waals surface area contributed by atoms with Crippen molar-refractivity contribution >= 4 is 35.2 Å². The van der Waals surface area contributed by atoms with Gasteiger partial charge >= 0.3 is 0 Å². The van der Waals surface area contributed by atoms with Gasteiger partial charge in [-0.15, -0.1) is 11.8 Å². The molecule has 1 atom stereocenters. The van der Waals surface area contributed by atoms with Gasteiger partial charge in [0.25, 0.3) is 5.91 Å². The van der Waals surface area contributed by atoms with E-state index >= 15 is 0 Å². The van der Waals surface area contributed by atoms with Crippen molar-refractivity contribution in [1.29, 1.82) is 0 Å². The summed E-state index contributed by atoms with van der Waals surface area (Å²) in [7, 11) is 0. The van der Waals surface area contributed by atoms with E-state index in [0.29, 0.717) is 24.3 Å². The van der Waals surface area contributed by atoms with Gasteiger partial charge in [0.2, 0.25) is 11.8 Å². The zero-order chi connectivity index (χ0) is 22.9. The Morgan fingerprint density at radius 1 is 0.970 bits per heavy atom. The minimum absolute atomic E-state index is 0.0621. The van der Waals surface area contributed by atoms with E-state index in [1.807, 2.05) is 36.6 Å². The van der Waals surface area contributed by atoms with Crippen LogP contribution in [0.2, 0.25) is 0 Å². The molecule has 172 valence electrons. The van der Waals surface area contributed by atoms with Crippen molar-refractivity contribution in [2.75, 3.05) is 31.2 Å². The minimum Gasteiger partial charge on any atom is -0.338 e. The van der Waals surface area contributed by atoms with Crippen molar-refractivity contribution in [1.82, 2.24) is 9.80 Å². The quantitative estimate of drug-likeness (QED) is 0.691. The van der Waals surface area contributed by atoms with Gasteiger partial charge in [-0.25, -0.2) is 0 Å². The van der Waals surface area contributed by atoms with Crippen LogP contribution in [0.15, 0.2) is 47.4 Å². The number of hydrogen-bond donors (Lipinski definition) is 1. The lowest BCUT2D eigenvalue weighted by Crippen LogP contribution is -2.60. The zero-order valence-corrected chi connectivity index (χ0v) is 19.7. The normalized spacial score (nSPS) is 21.2. The summed E-state index contributed by atoms with van der Waals surface area (Å²) in [5.41, 5.74) is 3.00. The van der Waals surface area contributed by atoms with Crippen LogP contribution in [0.25, 0.3) is 11.1 Å². The maximum atomic E-state index is 13.5. The molecule has 2 aromatic carbocycles. The van der Waals surface area contributed by atoms with Gasteiger partial charge in [-0.1, -0.05) is 37.5 Å². The Bertz CT molecular complexity index is 1080. The highest BCUT2D eigenvalue weighted by molar-refractivity contribution is 7.98. The molecule has 0 aromatic heterocycles. The molecule has 3 amide bonds. The van der Waals surface area contributed by atoms with Crippen molar-refractivity contribution in [3.8, 4) is 11.1 Å². The van der Waals surface area contributed by atoms with E-state index in [-0.39, 0.29) is 30.2 Å². The molecule has 1 aliphatic carbocycles. The molecule has 2 fully saturated rings. The molecular weight excluding hydrogens is 434 g/mol. The van der Waals surface area contributed by atoms with Crippen molar-refractivity contribution < 1.29 is 14.4 Å². The van der Waals surface area contributed by atoms with E-state index < -0.39 is 6.04 Å². The maximum absolute atomic E-state index is 13.5. The molecule has 1 unspecified atom stereocenters. The van der Waals surface area contributed by atoms with Gasteiger partial charge in [0, 0.05) is 23.9 Å². The largest absolute Gasteiger partial charge is 0.338 e. The zero-order valence-electron chi connectivity index (χ0n) is 18.9. The second kappa shape index (κ2) is 9.21. The van der Waals surface area contributed by atoms with Gasteiger partial charge < -0.3 is 15.1 Å². The van der Waals surface area contributed by atoms with Crippen LogP contribution in [-0.4, -0.2) is 59.5 Å². The van der Waals surface area contributed by atoms with Crippen LogP contribution in [0.5, 0.6) is 0 Å². The lowest BCUT2D eigenvalue weighted by atomic mass is 9.88. The number of benzene rings is 2. The molecule has 2 aromatic rings. The summed E-state index contributed by atoms with van der Waals surface area (Å²) in [5, 5.41) is 2.95. The fourth-order valence-electron chi connectivity index (χ4n) is 5.22. The highest BCUT2D eigenvalue weighted by atomic mass is 32.2. The number of fused-ring (bicyclic) bond motifs is 2. The third-order valence-electron chi connectivity index (χ3n) is 7.14. The van der Waals surface area contributed by atoms with E-state index in [2.05, 4.69) is 17.4 Å². The van der Waals surface area contributed by atoms with Crippen LogP contribution in [0.1, 0.15) is 42.5 Å². The van der Waals surface area contributed by atoms with Gasteiger partial charge in [0.05, 0.1) is 17.8 Å². The van der Waals surface area contributed by atoms with Crippen molar-refractivity contribution in [3.05, 3.63) is 48.0 Å². The van der Waals surface area contributed by atoms with Crippen LogP contribution in [0.4, 0.5) is 5.69 Å². The fourth-order valence-corrected chi connectivity index (χ4v) is 5.63. The lowest BCUT2D eigenvalue weighted by Gasteiger charge is -2.40. The number of nitrogens with one attached hydrogen (secondary N) is 1. The van der Waals surface area contributed by atoms with Crippen LogP contribution in [0, 0.1) is 5.92 Å². The minimum atomic E-state index is -0.657. The van der Waals surface area contributed by atoms with Crippen LogP contribution in [-0.2, 0) is 9.59 Å². The van der Waals surface area contributed by atoms with Gasteiger partial charge in [-0.3, -0.25) is 14.4 Å². The smallest absolute Gasteiger partial charge is 0.256 e.